The fourth-order valence-corrected chi connectivity index (χ4v) is 2.05. The van der Waals surface area contributed by atoms with Crippen LogP contribution >= 0.6 is 0 Å². The number of nitrogens with two attached hydrogens (primary N) is 1. The van der Waals surface area contributed by atoms with Crippen molar-refractivity contribution in [3.05, 3.63) is 0 Å². The minimum absolute atomic E-state index is 0.0416. The molecule has 0 heterocycles. The van der Waals surface area contributed by atoms with Crippen LogP contribution in [0.2, 0.25) is 0 Å². The molecule has 1 amide bonds. The highest BCUT2D eigenvalue weighted by atomic mass is 16.1. The van der Waals surface area contributed by atoms with E-state index < -0.39 is 0 Å². The highest BCUT2D eigenvalue weighted by Gasteiger charge is 2.26. The third kappa shape index (κ3) is 3.29. The summed E-state index contributed by atoms with van der Waals surface area (Å²) in [4.78, 5) is 11.8. The lowest BCUT2D eigenvalue weighted by Crippen LogP contribution is -2.43. The third-order valence-electron chi connectivity index (χ3n) is 2.84. The van der Waals surface area contributed by atoms with Crippen LogP contribution in [0.1, 0.15) is 46.0 Å². The van der Waals surface area contributed by atoms with Crippen LogP contribution in [-0.4, -0.2) is 18.0 Å². The van der Waals surface area contributed by atoms with E-state index in [1.54, 1.807) is 0 Å². The molecule has 14 heavy (non-hydrogen) atoms. The number of carbonyl (C=O) groups excluding carboxylic acids is 1. The number of rotatable bonds is 2. The van der Waals surface area contributed by atoms with Gasteiger partial charge in [0, 0.05) is 12.1 Å². The van der Waals surface area contributed by atoms with Crippen molar-refractivity contribution in [1.29, 1.82) is 0 Å². The largest absolute Gasteiger partial charge is 0.354 e. The number of hydrogen-bond donors (Lipinski definition) is 2. The maximum absolute atomic E-state index is 11.8. The average molecular weight is 198 g/mol. The zero-order valence-corrected chi connectivity index (χ0v) is 9.25. The second-order valence-electron chi connectivity index (χ2n) is 4.57. The molecule has 2 unspecified atom stereocenters. The quantitative estimate of drug-likeness (QED) is 0.659. The van der Waals surface area contributed by atoms with Gasteiger partial charge in [-0.2, -0.15) is 0 Å². The molecule has 0 radical (unpaired) electrons. The Kier molecular flexibility index (Phi) is 4.39. The van der Waals surface area contributed by atoms with Gasteiger partial charge in [-0.05, 0) is 26.7 Å². The third-order valence-corrected chi connectivity index (χ3v) is 2.84. The SMILES string of the molecule is CC(C)NC(=O)C1CCCCCC1N. The van der Waals surface area contributed by atoms with E-state index in [-0.39, 0.29) is 23.9 Å². The molecule has 0 saturated heterocycles. The summed E-state index contributed by atoms with van der Waals surface area (Å²) in [5.74, 6) is 0.189. The van der Waals surface area contributed by atoms with Gasteiger partial charge in [-0.25, -0.2) is 0 Å². The van der Waals surface area contributed by atoms with Gasteiger partial charge in [0.1, 0.15) is 0 Å². The van der Waals surface area contributed by atoms with Gasteiger partial charge in [0.25, 0.3) is 0 Å². The van der Waals surface area contributed by atoms with E-state index in [0.29, 0.717) is 0 Å². The highest BCUT2D eigenvalue weighted by molar-refractivity contribution is 5.79. The zero-order chi connectivity index (χ0) is 10.6. The van der Waals surface area contributed by atoms with Crippen LogP contribution in [0.3, 0.4) is 0 Å². The summed E-state index contributed by atoms with van der Waals surface area (Å²) < 4.78 is 0. The molecule has 1 aliphatic carbocycles. The molecule has 1 rings (SSSR count). The van der Waals surface area contributed by atoms with Gasteiger partial charge in [0.15, 0.2) is 0 Å². The number of carbonyl (C=O) groups is 1. The van der Waals surface area contributed by atoms with Crippen LogP contribution in [0, 0.1) is 5.92 Å². The monoisotopic (exact) mass is 198 g/mol. The summed E-state index contributed by atoms with van der Waals surface area (Å²) in [6, 6.07) is 0.286. The molecule has 1 aliphatic rings. The summed E-state index contributed by atoms with van der Waals surface area (Å²) in [7, 11) is 0. The molecule has 0 aromatic carbocycles. The molecule has 0 aromatic rings. The van der Waals surface area contributed by atoms with Gasteiger partial charge in [0.05, 0.1) is 5.92 Å². The van der Waals surface area contributed by atoms with Crippen molar-refractivity contribution in [2.24, 2.45) is 11.7 Å². The molecule has 0 aromatic heterocycles. The number of nitrogens with one attached hydrogen (secondary N) is 1. The van der Waals surface area contributed by atoms with Crippen molar-refractivity contribution in [2.45, 2.75) is 58.0 Å². The predicted molar refractivity (Wildman–Crippen MR) is 57.8 cm³/mol. The van der Waals surface area contributed by atoms with E-state index >= 15 is 0 Å². The first-order chi connectivity index (χ1) is 6.61. The summed E-state index contributed by atoms with van der Waals surface area (Å²) in [5, 5.41) is 2.95. The molecule has 82 valence electrons. The Morgan fingerprint density at radius 1 is 1.29 bits per heavy atom. The minimum Gasteiger partial charge on any atom is -0.354 e. The van der Waals surface area contributed by atoms with Gasteiger partial charge in [-0.15, -0.1) is 0 Å². The van der Waals surface area contributed by atoms with Crippen LogP contribution in [0.15, 0.2) is 0 Å². The van der Waals surface area contributed by atoms with E-state index in [1.165, 1.54) is 12.8 Å². The Balaban J connectivity index is 2.50. The van der Waals surface area contributed by atoms with E-state index in [1.807, 2.05) is 13.8 Å². The molecule has 0 aliphatic heterocycles. The molecule has 1 fully saturated rings. The first-order valence-corrected chi connectivity index (χ1v) is 5.67. The molecule has 0 bridgehead atoms. The standard InChI is InChI=1S/C11H22N2O/c1-8(2)13-11(14)9-6-4-3-5-7-10(9)12/h8-10H,3-7,12H2,1-2H3,(H,13,14). The molecule has 0 spiro atoms. The molecule has 3 nitrogen and oxygen atoms in total. The Morgan fingerprint density at radius 2 is 1.93 bits per heavy atom. The van der Waals surface area contributed by atoms with Crippen LogP contribution in [0.4, 0.5) is 0 Å². The van der Waals surface area contributed by atoms with Crippen molar-refractivity contribution in [1.82, 2.24) is 5.32 Å². The van der Waals surface area contributed by atoms with Crippen molar-refractivity contribution in [3.63, 3.8) is 0 Å². The summed E-state index contributed by atoms with van der Waals surface area (Å²) >= 11 is 0. The Labute approximate surface area is 86.4 Å². The average Bonchev–Trinajstić information content (AvgIpc) is 2.28. The van der Waals surface area contributed by atoms with Crippen molar-refractivity contribution in [3.8, 4) is 0 Å². The molecule has 3 heteroatoms. The first kappa shape index (κ1) is 11.5. The van der Waals surface area contributed by atoms with Crippen molar-refractivity contribution in [2.75, 3.05) is 0 Å². The second-order valence-corrected chi connectivity index (χ2v) is 4.57. The van der Waals surface area contributed by atoms with E-state index in [0.717, 1.165) is 19.3 Å². The second kappa shape index (κ2) is 5.35. The van der Waals surface area contributed by atoms with Gasteiger partial charge in [-0.1, -0.05) is 19.3 Å². The molecule has 3 N–H and O–H groups in total. The highest BCUT2D eigenvalue weighted by Crippen LogP contribution is 2.22. The summed E-state index contributed by atoms with van der Waals surface area (Å²) in [5.41, 5.74) is 5.99. The van der Waals surface area contributed by atoms with Crippen LogP contribution in [0.5, 0.6) is 0 Å². The summed E-state index contributed by atoms with van der Waals surface area (Å²) in [6.45, 7) is 3.97. The molecular formula is C11H22N2O. The van der Waals surface area contributed by atoms with Gasteiger partial charge in [0.2, 0.25) is 5.91 Å². The lowest BCUT2D eigenvalue weighted by atomic mass is 9.94. The van der Waals surface area contributed by atoms with Crippen molar-refractivity contribution < 1.29 is 4.79 Å². The Morgan fingerprint density at radius 3 is 2.57 bits per heavy atom. The Hall–Kier alpha value is -0.570. The van der Waals surface area contributed by atoms with Crippen molar-refractivity contribution >= 4 is 5.91 Å². The normalized spacial score (nSPS) is 28.6. The zero-order valence-electron chi connectivity index (χ0n) is 9.25. The lowest BCUT2D eigenvalue weighted by Gasteiger charge is -2.21. The molecule has 1 saturated carbocycles. The number of hydrogen-bond acceptors (Lipinski definition) is 2. The van der Waals surface area contributed by atoms with E-state index in [4.69, 9.17) is 5.73 Å². The predicted octanol–water partition coefficient (Wildman–Crippen LogP) is 1.42. The van der Waals surface area contributed by atoms with Crippen LogP contribution < -0.4 is 11.1 Å². The maximum Gasteiger partial charge on any atom is 0.224 e. The summed E-state index contributed by atoms with van der Waals surface area (Å²) in [6.07, 6.45) is 5.49. The molecule has 2 atom stereocenters. The fourth-order valence-electron chi connectivity index (χ4n) is 2.05. The number of amides is 1. The Bertz CT molecular complexity index is 192. The topological polar surface area (TPSA) is 55.1 Å². The van der Waals surface area contributed by atoms with E-state index in [2.05, 4.69) is 5.32 Å². The molecular weight excluding hydrogens is 176 g/mol. The minimum atomic E-state index is 0.0416. The van der Waals surface area contributed by atoms with E-state index in [9.17, 15) is 4.79 Å². The van der Waals surface area contributed by atoms with Gasteiger partial charge in [-0.3, -0.25) is 4.79 Å². The van der Waals surface area contributed by atoms with Crippen LogP contribution in [-0.2, 0) is 4.79 Å². The maximum atomic E-state index is 11.8. The van der Waals surface area contributed by atoms with Gasteiger partial charge < -0.3 is 11.1 Å². The van der Waals surface area contributed by atoms with Gasteiger partial charge >= 0.3 is 0 Å². The smallest absolute Gasteiger partial charge is 0.224 e. The lowest BCUT2D eigenvalue weighted by molar-refractivity contribution is -0.126. The fraction of sp³-hybridized carbons (Fsp3) is 0.909. The first-order valence-electron chi connectivity index (χ1n) is 5.67. The van der Waals surface area contributed by atoms with Crippen LogP contribution in [0.25, 0.3) is 0 Å².